The van der Waals surface area contributed by atoms with E-state index in [0.29, 0.717) is 15.9 Å². The molecule has 1 heterocycles. The van der Waals surface area contributed by atoms with E-state index in [0.717, 1.165) is 10.5 Å². The molecule has 0 saturated carbocycles. The zero-order valence-corrected chi connectivity index (χ0v) is 14.3. The number of amides is 2. The Morgan fingerprint density at radius 1 is 1.21 bits per heavy atom. The molecular formula is C17H14BrNO5. The van der Waals surface area contributed by atoms with E-state index in [1.807, 2.05) is 0 Å². The summed E-state index contributed by atoms with van der Waals surface area (Å²) in [7, 11) is 1.54. The summed E-state index contributed by atoms with van der Waals surface area (Å²) in [5.74, 6) is 0.312. The van der Waals surface area contributed by atoms with Gasteiger partial charge in [-0.15, -0.1) is 0 Å². The minimum atomic E-state index is -0.893. The van der Waals surface area contributed by atoms with Crippen molar-refractivity contribution in [2.24, 2.45) is 0 Å². The molecule has 2 aromatic rings. The number of ether oxygens (including phenoxy) is 2. The summed E-state index contributed by atoms with van der Waals surface area (Å²) in [6.07, 6.45) is -1.36. The van der Waals surface area contributed by atoms with Crippen LogP contribution in [0.5, 0.6) is 11.5 Å². The van der Waals surface area contributed by atoms with Crippen molar-refractivity contribution < 1.29 is 24.2 Å². The Morgan fingerprint density at radius 2 is 1.92 bits per heavy atom. The molecule has 2 aromatic carbocycles. The summed E-state index contributed by atoms with van der Waals surface area (Å²) >= 11 is 3.22. The van der Waals surface area contributed by atoms with Gasteiger partial charge in [0.2, 0.25) is 0 Å². The number of hydrogen-bond donors (Lipinski definition) is 1. The first-order valence-electron chi connectivity index (χ1n) is 7.15. The first-order chi connectivity index (χ1) is 11.5. The van der Waals surface area contributed by atoms with Gasteiger partial charge in [-0.2, -0.15) is 0 Å². The lowest BCUT2D eigenvalue weighted by atomic mass is 10.1. The second kappa shape index (κ2) is 6.52. The number of aromatic hydroxyl groups is 1. The number of rotatable bonds is 4. The fourth-order valence-electron chi connectivity index (χ4n) is 2.44. The standard InChI is InChI=1S/C17H14BrNO5/c1-23-12-5-3-11(4-6-12)19-16(21)15(24-17(19)22)9-10-2-7-14(20)13(18)8-10/h2-8,15,20H,9H2,1H3. The van der Waals surface area contributed by atoms with Crippen LogP contribution in [0.25, 0.3) is 0 Å². The van der Waals surface area contributed by atoms with Crippen molar-refractivity contribution in [2.45, 2.75) is 12.5 Å². The zero-order valence-electron chi connectivity index (χ0n) is 12.7. The number of nitrogens with zero attached hydrogens (tertiary/aromatic N) is 1. The maximum Gasteiger partial charge on any atom is 0.422 e. The molecule has 0 radical (unpaired) electrons. The van der Waals surface area contributed by atoms with Gasteiger partial charge in [-0.05, 0) is 57.9 Å². The first kappa shape index (κ1) is 16.3. The highest BCUT2D eigenvalue weighted by Gasteiger charge is 2.41. The molecule has 1 aliphatic heterocycles. The van der Waals surface area contributed by atoms with Crippen molar-refractivity contribution in [3.05, 3.63) is 52.5 Å². The highest BCUT2D eigenvalue weighted by atomic mass is 79.9. The molecule has 0 aliphatic carbocycles. The molecule has 3 rings (SSSR count). The van der Waals surface area contributed by atoms with Crippen molar-refractivity contribution in [1.82, 2.24) is 0 Å². The van der Waals surface area contributed by atoms with Gasteiger partial charge in [0.25, 0.3) is 5.91 Å². The van der Waals surface area contributed by atoms with Gasteiger partial charge in [-0.1, -0.05) is 6.07 Å². The Kier molecular flexibility index (Phi) is 4.44. The largest absolute Gasteiger partial charge is 0.507 e. The number of benzene rings is 2. The van der Waals surface area contributed by atoms with Crippen LogP contribution in [0.1, 0.15) is 5.56 Å². The van der Waals surface area contributed by atoms with Gasteiger partial charge in [0.05, 0.1) is 17.3 Å². The third-order valence-corrected chi connectivity index (χ3v) is 4.32. The molecule has 124 valence electrons. The van der Waals surface area contributed by atoms with E-state index < -0.39 is 18.1 Å². The Bertz CT molecular complexity index is 790. The van der Waals surface area contributed by atoms with Gasteiger partial charge in [0, 0.05) is 6.42 Å². The van der Waals surface area contributed by atoms with Crippen LogP contribution in [0.15, 0.2) is 46.9 Å². The van der Waals surface area contributed by atoms with E-state index in [4.69, 9.17) is 9.47 Å². The average Bonchev–Trinajstić information content (AvgIpc) is 2.85. The summed E-state index contributed by atoms with van der Waals surface area (Å²) in [5.41, 5.74) is 1.20. The maximum atomic E-state index is 12.5. The molecule has 2 amide bonds. The third-order valence-electron chi connectivity index (χ3n) is 3.69. The molecule has 24 heavy (non-hydrogen) atoms. The van der Waals surface area contributed by atoms with Crippen LogP contribution in [0.3, 0.4) is 0 Å². The average molecular weight is 392 g/mol. The molecular weight excluding hydrogens is 378 g/mol. The monoisotopic (exact) mass is 391 g/mol. The second-order valence-corrected chi connectivity index (χ2v) is 6.09. The van der Waals surface area contributed by atoms with E-state index in [-0.39, 0.29) is 12.2 Å². The normalized spacial score (nSPS) is 17.1. The molecule has 0 bridgehead atoms. The van der Waals surface area contributed by atoms with Gasteiger partial charge in [-0.3, -0.25) is 4.79 Å². The lowest BCUT2D eigenvalue weighted by Crippen LogP contribution is -2.32. The van der Waals surface area contributed by atoms with Crippen molar-refractivity contribution >= 4 is 33.6 Å². The number of halogens is 1. The molecule has 1 saturated heterocycles. The molecule has 7 heteroatoms. The molecule has 1 aliphatic rings. The SMILES string of the molecule is COc1ccc(N2C(=O)OC(Cc3ccc(O)c(Br)c3)C2=O)cc1. The highest BCUT2D eigenvalue weighted by Crippen LogP contribution is 2.29. The van der Waals surface area contributed by atoms with E-state index >= 15 is 0 Å². The van der Waals surface area contributed by atoms with Gasteiger partial charge in [0.15, 0.2) is 6.10 Å². The lowest BCUT2D eigenvalue weighted by Gasteiger charge is -2.12. The van der Waals surface area contributed by atoms with Crippen molar-refractivity contribution in [3.63, 3.8) is 0 Å². The molecule has 0 spiro atoms. The minimum absolute atomic E-state index is 0.105. The van der Waals surface area contributed by atoms with Crippen LogP contribution < -0.4 is 9.64 Å². The van der Waals surface area contributed by atoms with Crippen LogP contribution in [0.2, 0.25) is 0 Å². The number of methoxy groups -OCH3 is 1. The quantitative estimate of drug-likeness (QED) is 0.865. The number of carbonyl (C=O) groups excluding carboxylic acids is 2. The minimum Gasteiger partial charge on any atom is -0.507 e. The summed E-state index contributed by atoms with van der Waals surface area (Å²) < 4.78 is 10.8. The van der Waals surface area contributed by atoms with Crippen molar-refractivity contribution in [1.29, 1.82) is 0 Å². The van der Waals surface area contributed by atoms with Gasteiger partial charge < -0.3 is 14.6 Å². The molecule has 1 N–H and O–H groups in total. The number of cyclic esters (lactones) is 1. The van der Waals surface area contributed by atoms with E-state index in [2.05, 4.69) is 15.9 Å². The third kappa shape index (κ3) is 3.07. The number of carbonyl (C=O) groups is 2. The second-order valence-electron chi connectivity index (χ2n) is 5.23. The molecule has 6 nitrogen and oxygen atoms in total. The van der Waals surface area contributed by atoms with Gasteiger partial charge in [-0.25, -0.2) is 9.69 Å². The number of phenolic OH excluding ortho intramolecular Hbond substituents is 1. The Labute approximate surface area is 146 Å². The zero-order chi connectivity index (χ0) is 17.3. The fraction of sp³-hybridized carbons (Fsp3) is 0.176. The number of anilines is 1. The van der Waals surface area contributed by atoms with Crippen LogP contribution in [0.4, 0.5) is 10.5 Å². The smallest absolute Gasteiger partial charge is 0.422 e. The highest BCUT2D eigenvalue weighted by molar-refractivity contribution is 9.10. The molecule has 1 atom stereocenters. The first-order valence-corrected chi connectivity index (χ1v) is 7.95. The van der Waals surface area contributed by atoms with Gasteiger partial charge in [0.1, 0.15) is 11.5 Å². The van der Waals surface area contributed by atoms with Crippen LogP contribution >= 0.6 is 15.9 Å². The van der Waals surface area contributed by atoms with Gasteiger partial charge >= 0.3 is 6.09 Å². The lowest BCUT2D eigenvalue weighted by molar-refractivity contribution is -0.121. The van der Waals surface area contributed by atoms with Crippen molar-refractivity contribution in [3.8, 4) is 11.5 Å². The summed E-state index contributed by atoms with van der Waals surface area (Å²) in [6, 6.07) is 11.5. The van der Waals surface area contributed by atoms with E-state index in [1.54, 1.807) is 36.4 Å². The number of phenols is 1. The fourth-order valence-corrected chi connectivity index (χ4v) is 2.87. The molecule has 1 fully saturated rings. The summed E-state index contributed by atoms with van der Waals surface area (Å²) in [6.45, 7) is 0. The van der Waals surface area contributed by atoms with Crippen LogP contribution in [-0.2, 0) is 16.0 Å². The number of hydrogen-bond acceptors (Lipinski definition) is 5. The predicted molar refractivity (Wildman–Crippen MR) is 90.3 cm³/mol. The number of imide groups is 1. The Balaban J connectivity index is 1.79. The molecule has 1 unspecified atom stereocenters. The Hall–Kier alpha value is -2.54. The van der Waals surface area contributed by atoms with Crippen LogP contribution in [-0.4, -0.2) is 30.3 Å². The summed E-state index contributed by atoms with van der Waals surface area (Å²) in [4.78, 5) is 25.6. The van der Waals surface area contributed by atoms with Crippen molar-refractivity contribution in [2.75, 3.05) is 12.0 Å². The van der Waals surface area contributed by atoms with E-state index in [1.165, 1.54) is 13.2 Å². The Morgan fingerprint density at radius 3 is 2.54 bits per heavy atom. The predicted octanol–water partition coefficient (Wildman–Crippen LogP) is 3.26. The van der Waals surface area contributed by atoms with Crippen LogP contribution in [0, 0.1) is 0 Å². The summed E-state index contributed by atoms with van der Waals surface area (Å²) in [5, 5.41) is 9.51. The van der Waals surface area contributed by atoms with E-state index in [9.17, 15) is 14.7 Å². The maximum absolute atomic E-state index is 12.5. The molecule has 0 aromatic heterocycles. The topological polar surface area (TPSA) is 76.1 Å².